The largest absolute Gasteiger partial charge is 0.355 e. The monoisotopic (exact) mass is 257 g/mol. The number of nitrogens with zero attached hydrogens (tertiary/aromatic N) is 2. The van der Waals surface area contributed by atoms with Crippen molar-refractivity contribution in [1.29, 1.82) is 0 Å². The molecule has 0 amide bonds. The van der Waals surface area contributed by atoms with Crippen LogP contribution in [0, 0.1) is 26.7 Å². The van der Waals surface area contributed by atoms with E-state index in [-0.39, 0.29) is 0 Å². The zero-order chi connectivity index (χ0) is 14.0. The van der Waals surface area contributed by atoms with Crippen molar-refractivity contribution in [3.63, 3.8) is 0 Å². The third kappa shape index (κ3) is 3.16. The van der Waals surface area contributed by atoms with E-state index in [1.54, 1.807) is 0 Å². The van der Waals surface area contributed by atoms with Crippen molar-refractivity contribution in [2.45, 2.75) is 34.6 Å². The Balaban J connectivity index is 2.38. The van der Waals surface area contributed by atoms with Gasteiger partial charge in [-0.2, -0.15) is 0 Å². The highest BCUT2D eigenvalue weighted by molar-refractivity contribution is 5.49. The van der Waals surface area contributed by atoms with E-state index in [2.05, 4.69) is 67.0 Å². The van der Waals surface area contributed by atoms with Crippen molar-refractivity contribution in [3.05, 3.63) is 41.2 Å². The maximum Gasteiger partial charge on any atom is 0.207 e. The first-order chi connectivity index (χ1) is 8.97. The molecule has 0 aliphatic heterocycles. The van der Waals surface area contributed by atoms with Crippen molar-refractivity contribution < 1.29 is 0 Å². The smallest absolute Gasteiger partial charge is 0.207 e. The van der Waals surface area contributed by atoms with E-state index in [4.69, 9.17) is 0 Å². The first kappa shape index (κ1) is 13.7. The lowest BCUT2D eigenvalue weighted by Gasteiger charge is -2.13. The second kappa shape index (κ2) is 5.47. The lowest BCUT2D eigenvalue weighted by Crippen LogP contribution is -2.12. The van der Waals surface area contributed by atoms with Crippen molar-refractivity contribution >= 4 is 5.95 Å². The average molecular weight is 257 g/mol. The number of rotatable bonds is 4. The molecule has 0 radical (unpaired) electrons. The Morgan fingerprint density at radius 1 is 1.21 bits per heavy atom. The fourth-order valence-electron chi connectivity index (χ4n) is 2.18. The maximum atomic E-state index is 4.57. The third-order valence-electron chi connectivity index (χ3n) is 3.11. The van der Waals surface area contributed by atoms with E-state index >= 15 is 0 Å². The van der Waals surface area contributed by atoms with E-state index in [0.29, 0.717) is 5.92 Å². The number of benzene rings is 1. The van der Waals surface area contributed by atoms with Crippen LogP contribution in [0.4, 0.5) is 5.95 Å². The topological polar surface area (TPSA) is 29.9 Å². The molecule has 0 saturated heterocycles. The first-order valence-corrected chi connectivity index (χ1v) is 6.85. The molecule has 19 heavy (non-hydrogen) atoms. The molecule has 0 unspecified atom stereocenters. The molecular formula is C16H23N3. The Kier molecular flexibility index (Phi) is 3.93. The van der Waals surface area contributed by atoms with Crippen LogP contribution in [-0.4, -0.2) is 16.1 Å². The van der Waals surface area contributed by atoms with Gasteiger partial charge < -0.3 is 5.32 Å². The number of nitrogens with one attached hydrogen (secondary N) is 1. The molecule has 0 saturated carbocycles. The quantitative estimate of drug-likeness (QED) is 0.901. The van der Waals surface area contributed by atoms with Gasteiger partial charge >= 0.3 is 0 Å². The molecule has 102 valence electrons. The van der Waals surface area contributed by atoms with Crippen LogP contribution < -0.4 is 5.32 Å². The van der Waals surface area contributed by atoms with Crippen molar-refractivity contribution in [3.8, 4) is 5.69 Å². The summed E-state index contributed by atoms with van der Waals surface area (Å²) in [6, 6.07) is 6.51. The molecule has 0 atom stereocenters. The lowest BCUT2D eigenvalue weighted by atomic mass is 10.1. The Morgan fingerprint density at radius 3 is 2.58 bits per heavy atom. The first-order valence-electron chi connectivity index (χ1n) is 6.85. The van der Waals surface area contributed by atoms with Crippen LogP contribution in [0.2, 0.25) is 0 Å². The molecule has 0 aliphatic rings. The van der Waals surface area contributed by atoms with Crippen molar-refractivity contribution in [2.24, 2.45) is 5.92 Å². The Bertz CT molecular complexity index is 567. The molecule has 1 aromatic carbocycles. The van der Waals surface area contributed by atoms with E-state index in [0.717, 1.165) is 18.2 Å². The van der Waals surface area contributed by atoms with Gasteiger partial charge in [0.15, 0.2) is 0 Å². The summed E-state index contributed by atoms with van der Waals surface area (Å²) in [6.45, 7) is 11.6. The van der Waals surface area contributed by atoms with Crippen LogP contribution in [0.25, 0.3) is 5.69 Å². The minimum Gasteiger partial charge on any atom is -0.355 e. The Hall–Kier alpha value is -1.77. The number of hydrogen-bond acceptors (Lipinski definition) is 2. The van der Waals surface area contributed by atoms with E-state index in [9.17, 15) is 0 Å². The number of anilines is 1. The summed E-state index contributed by atoms with van der Waals surface area (Å²) in [5, 5.41) is 3.43. The fraction of sp³-hybridized carbons (Fsp3) is 0.438. The number of aromatic nitrogens is 2. The molecule has 1 N–H and O–H groups in total. The highest BCUT2D eigenvalue weighted by Gasteiger charge is 2.09. The molecule has 0 fully saturated rings. The number of hydrogen-bond donors (Lipinski definition) is 1. The molecule has 3 heteroatoms. The minimum absolute atomic E-state index is 0.601. The summed E-state index contributed by atoms with van der Waals surface area (Å²) < 4.78 is 2.15. The summed E-state index contributed by atoms with van der Waals surface area (Å²) in [4.78, 5) is 4.57. The second-order valence-electron chi connectivity index (χ2n) is 5.64. The van der Waals surface area contributed by atoms with E-state index < -0.39 is 0 Å². The summed E-state index contributed by atoms with van der Waals surface area (Å²) in [5.74, 6) is 1.53. The SMILES string of the molecule is Cc1ccc(-n2cc(C)nc2NCC(C)C)c(C)c1. The van der Waals surface area contributed by atoms with Gasteiger partial charge in [-0.05, 0) is 38.3 Å². The Morgan fingerprint density at radius 2 is 1.95 bits per heavy atom. The standard InChI is InChI=1S/C16H23N3/c1-11(2)9-17-16-18-14(5)10-19(16)15-7-6-12(3)8-13(15)4/h6-8,10-11H,9H2,1-5H3,(H,17,18). The van der Waals surface area contributed by atoms with E-state index in [1.807, 2.05) is 6.92 Å². The molecule has 1 heterocycles. The summed E-state index contributed by atoms with van der Waals surface area (Å²) in [5.41, 5.74) is 4.78. The van der Waals surface area contributed by atoms with Gasteiger partial charge in [-0.1, -0.05) is 31.5 Å². The fourth-order valence-corrected chi connectivity index (χ4v) is 2.18. The molecule has 0 aliphatic carbocycles. The van der Waals surface area contributed by atoms with Crippen LogP contribution in [0.1, 0.15) is 30.7 Å². The molecule has 2 aromatic rings. The summed E-state index contributed by atoms with van der Waals surface area (Å²) >= 11 is 0. The molecule has 0 bridgehead atoms. The molecular weight excluding hydrogens is 234 g/mol. The van der Waals surface area contributed by atoms with Gasteiger partial charge in [0, 0.05) is 12.7 Å². The maximum absolute atomic E-state index is 4.57. The summed E-state index contributed by atoms with van der Waals surface area (Å²) in [7, 11) is 0. The zero-order valence-corrected chi connectivity index (χ0v) is 12.5. The van der Waals surface area contributed by atoms with Crippen LogP contribution in [0.3, 0.4) is 0 Å². The lowest BCUT2D eigenvalue weighted by molar-refractivity contribution is 0.683. The Labute approximate surface area is 115 Å². The van der Waals surface area contributed by atoms with Crippen LogP contribution in [-0.2, 0) is 0 Å². The van der Waals surface area contributed by atoms with Gasteiger partial charge in [0.05, 0.1) is 11.4 Å². The third-order valence-corrected chi connectivity index (χ3v) is 3.11. The molecule has 1 aromatic heterocycles. The number of imidazole rings is 1. The normalized spacial score (nSPS) is 11.1. The minimum atomic E-state index is 0.601. The summed E-state index contributed by atoms with van der Waals surface area (Å²) in [6.07, 6.45) is 2.08. The van der Waals surface area contributed by atoms with Gasteiger partial charge in [-0.25, -0.2) is 4.98 Å². The van der Waals surface area contributed by atoms with Crippen LogP contribution in [0.5, 0.6) is 0 Å². The molecule has 2 rings (SSSR count). The van der Waals surface area contributed by atoms with Crippen molar-refractivity contribution in [1.82, 2.24) is 9.55 Å². The van der Waals surface area contributed by atoms with Gasteiger partial charge in [-0.15, -0.1) is 0 Å². The van der Waals surface area contributed by atoms with Gasteiger partial charge in [-0.3, -0.25) is 4.57 Å². The van der Waals surface area contributed by atoms with Gasteiger partial charge in [0.2, 0.25) is 5.95 Å². The predicted octanol–water partition coefficient (Wildman–Crippen LogP) is 3.87. The van der Waals surface area contributed by atoms with Crippen LogP contribution in [0.15, 0.2) is 24.4 Å². The molecule has 0 spiro atoms. The number of aryl methyl sites for hydroxylation is 3. The highest BCUT2D eigenvalue weighted by Crippen LogP contribution is 2.21. The highest BCUT2D eigenvalue weighted by atomic mass is 15.2. The molecule has 3 nitrogen and oxygen atoms in total. The zero-order valence-electron chi connectivity index (χ0n) is 12.5. The predicted molar refractivity (Wildman–Crippen MR) is 81.1 cm³/mol. The average Bonchev–Trinajstić information content (AvgIpc) is 2.67. The van der Waals surface area contributed by atoms with Gasteiger partial charge in [0.1, 0.15) is 0 Å². The van der Waals surface area contributed by atoms with Gasteiger partial charge in [0.25, 0.3) is 0 Å². The van der Waals surface area contributed by atoms with Crippen molar-refractivity contribution in [2.75, 3.05) is 11.9 Å². The van der Waals surface area contributed by atoms with Crippen LogP contribution >= 0.6 is 0 Å². The van der Waals surface area contributed by atoms with E-state index in [1.165, 1.54) is 16.8 Å². The second-order valence-corrected chi connectivity index (χ2v) is 5.64.